The first-order valence-electron chi connectivity index (χ1n) is 9.97. The SMILES string of the molecule is COCCOc1cc2ncnc(Sc3ccc4ccccc4c3)c2cc1OCCOC. The zero-order valence-corrected chi connectivity index (χ0v) is 18.4. The maximum Gasteiger partial charge on any atom is 0.163 e. The van der Waals surface area contributed by atoms with Crippen LogP contribution in [-0.4, -0.2) is 50.6 Å². The Labute approximate surface area is 185 Å². The molecule has 0 aliphatic rings. The Balaban J connectivity index is 1.68. The molecule has 0 radical (unpaired) electrons. The van der Waals surface area contributed by atoms with E-state index >= 15 is 0 Å². The van der Waals surface area contributed by atoms with Crippen LogP contribution < -0.4 is 9.47 Å². The summed E-state index contributed by atoms with van der Waals surface area (Å²) >= 11 is 1.60. The molecule has 1 aromatic heterocycles. The van der Waals surface area contributed by atoms with E-state index < -0.39 is 0 Å². The maximum absolute atomic E-state index is 5.92. The molecule has 0 unspecified atom stereocenters. The average Bonchev–Trinajstić information content (AvgIpc) is 2.80. The van der Waals surface area contributed by atoms with Gasteiger partial charge in [0.2, 0.25) is 0 Å². The highest BCUT2D eigenvalue weighted by molar-refractivity contribution is 7.99. The molecule has 4 aromatic rings. The first kappa shape index (κ1) is 21.4. The van der Waals surface area contributed by atoms with Crippen molar-refractivity contribution in [2.75, 3.05) is 40.6 Å². The molecule has 31 heavy (non-hydrogen) atoms. The minimum atomic E-state index is 0.420. The molecule has 0 fully saturated rings. The topological polar surface area (TPSA) is 62.7 Å². The van der Waals surface area contributed by atoms with Gasteiger partial charge in [-0.05, 0) is 29.0 Å². The molecule has 0 N–H and O–H groups in total. The standard InChI is InChI=1S/C24H24N2O4S/c1-27-9-11-29-22-14-20-21(15-23(22)30-12-10-28-2)25-16-26-24(20)31-19-8-7-17-5-3-4-6-18(17)13-19/h3-8,13-16H,9-12H2,1-2H3. The fourth-order valence-corrected chi connectivity index (χ4v) is 4.08. The Hall–Kier alpha value is -2.87. The van der Waals surface area contributed by atoms with Crippen LogP contribution in [0.5, 0.6) is 11.5 Å². The van der Waals surface area contributed by atoms with Gasteiger partial charge in [-0.15, -0.1) is 0 Å². The van der Waals surface area contributed by atoms with Crippen molar-refractivity contribution in [1.29, 1.82) is 0 Å². The van der Waals surface area contributed by atoms with Gasteiger partial charge in [0.25, 0.3) is 0 Å². The van der Waals surface area contributed by atoms with Crippen LogP contribution in [0.2, 0.25) is 0 Å². The van der Waals surface area contributed by atoms with E-state index in [-0.39, 0.29) is 0 Å². The van der Waals surface area contributed by atoms with Gasteiger partial charge < -0.3 is 18.9 Å². The Bertz CT molecular complexity index is 1170. The lowest BCUT2D eigenvalue weighted by atomic mass is 10.1. The maximum atomic E-state index is 5.92. The molecule has 0 bridgehead atoms. The fourth-order valence-electron chi connectivity index (χ4n) is 3.16. The molecule has 6 nitrogen and oxygen atoms in total. The first-order valence-corrected chi connectivity index (χ1v) is 10.8. The van der Waals surface area contributed by atoms with Crippen molar-refractivity contribution in [1.82, 2.24) is 9.97 Å². The number of aromatic nitrogens is 2. The second-order valence-electron chi connectivity index (χ2n) is 6.79. The van der Waals surface area contributed by atoms with Gasteiger partial charge in [-0.3, -0.25) is 0 Å². The van der Waals surface area contributed by atoms with Gasteiger partial charge in [-0.2, -0.15) is 0 Å². The minimum absolute atomic E-state index is 0.420. The number of hydrogen-bond donors (Lipinski definition) is 0. The Kier molecular flexibility index (Phi) is 7.19. The van der Waals surface area contributed by atoms with E-state index in [9.17, 15) is 0 Å². The number of fused-ring (bicyclic) bond motifs is 2. The third kappa shape index (κ3) is 5.25. The van der Waals surface area contributed by atoms with E-state index in [2.05, 4.69) is 40.3 Å². The summed E-state index contributed by atoms with van der Waals surface area (Å²) in [5, 5.41) is 4.18. The Morgan fingerprint density at radius 2 is 1.45 bits per heavy atom. The molecule has 0 saturated carbocycles. The van der Waals surface area contributed by atoms with Gasteiger partial charge in [0, 0.05) is 30.6 Å². The summed E-state index contributed by atoms with van der Waals surface area (Å²) in [6.07, 6.45) is 1.58. The van der Waals surface area contributed by atoms with E-state index in [1.54, 1.807) is 32.3 Å². The third-order valence-corrected chi connectivity index (χ3v) is 5.70. The Morgan fingerprint density at radius 1 is 0.742 bits per heavy atom. The van der Waals surface area contributed by atoms with Crippen LogP contribution in [0.3, 0.4) is 0 Å². The summed E-state index contributed by atoms with van der Waals surface area (Å²) in [7, 11) is 3.29. The molecular formula is C24H24N2O4S. The zero-order chi connectivity index (χ0) is 21.5. The number of hydrogen-bond acceptors (Lipinski definition) is 7. The predicted molar refractivity (Wildman–Crippen MR) is 122 cm³/mol. The van der Waals surface area contributed by atoms with Crippen molar-refractivity contribution >= 4 is 33.4 Å². The zero-order valence-electron chi connectivity index (χ0n) is 17.5. The largest absolute Gasteiger partial charge is 0.487 e. The van der Waals surface area contributed by atoms with Crippen molar-refractivity contribution in [3.63, 3.8) is 0 Å². The second-order valence-corrected chi connectivity index (χ2v) is 7.85. The highest BCUT2D eigenvalue weighted by atomic mass is 32.2. The van der Waals surface area contributed by atoms with Crippen molar-refractivity contribution in [2.45, 2.75) is 9.92 Å². The number of benzene rings is 3. The third-order valence-electron chi connectivity index (χ3n) is 4.69. The van der Waals surface area contributed by atoms with Gasteiger partial charge in [-0.25, -0.2) is 9.97 Å². The summed E-state index contributed by atoms with van der Waals surface area (Å²) in [6, 6.07) is 18.6. The second kappa shape index (κ2) is 10.4. The molecule has 0 spiro atoms. The lowest BCUT2D eigenvalue weighted by molar-refractivity contribution is 0.132. The van der Waals surface area contributed by atoms with Gasteiger partial charge in [0.05, 0.1) is 18.7 Å². The normalized spacial score (nSPS) is 11.2. The minimum Gasteiger partial charge on any atom is -0.487 e. The molecule has 3 aromatic carbocycles. The van der Waals surface area contributed by atoms with Gasteiger partial charge >= 0.3 is 0 Å². The van der Waals surface area contributed by atoms with E-state index in [1.807, 2.05) is 24.3 Å². The first-order chi connectivity index (χ1) is 15.3. The van der Waals surface area contributed by atoms with Gasteiger partial charge in [0.15, 0.2) is 11.5 Å². The van der Waals surface area contributed by atoms with Crippen molar-refractivity contribution in [2.24, 2.45) is 0 Å². The summed E-state index contributed by atoms with van der Waals surface area (Å²) in [5.74, 6) is 1.26. The highest BCUT2D eigenvalue weighted by Crippen LogP contribution is 2.38. The molecular weight excluding hydrogens is 412 g/mol. The Morgan fingerprint density at radius 3 is 2.19 bits per heavy atom. The monoisotopic (exact) mass is 436 g/mol. The lowest BCUT2D eigenvalue weighted by Crippen LogP contribution is -2.08. The van der Waals surface area contributed by atoms with Crippen LogP contribution >= 0.6 is 11.8 Å². The van der Waals surface area contributed by atoms with Gasteiger partial charge in [-0.1, -0.05) is 42.1 Å². The van der Waals surface area contributed by atoms with E-state index in [4.69, 9.17) is 18.9 Å². The summed E-state index contributed by atoms with van der Waals surface area (Å²) in [4.78, 5) is 10.1. The predicted octanol–water partition coefficient (Wildman–Crippen LogP) is 4.98. The number of rotatable bonds is 10. The quantitative estimate of drug-likeness (QED) is 0.256. The molecule has 160 valence electrons. The summed E-state index contributed by atoms with van der Waals surface area (Å²) < 4.78 is 22.0. The molecule has 0 aliphatic carbocycles. The smallest absolute Gasteiger partial charge is 0.163 e. The molecule has 4 rings (SSSR count). The fraction of sp³-hybridized carbons (Fsp3) is 0.250. The van der Waals surface area contributed by atoms with Crippen LogP contribution in [-0.2, 0) is 9.47 Å². The van der Waals surface area contributed by atoms with Gasteiger partial charge in [0.1, 0.15) is 24.6 Å². The van der Waals surface area contributed by atoms with Crippen LogP contribution in [0, 0.1) is 0 Å². The summed E-state index contributed by atoms with van der Waals surface area (Å²) in [5.41, 5.74) is 0.796. The molecule has 0 amide bonds. The van der Waals surface area contributed by atoms with E-state index in [0.29, 0.717) is 37.9 Å². The molecule has 7 heteroatoms. The lowest BCUT2D eigenvalue weighted by Gasteiger charge is -2.14. The van der Waals surface area contributed by atoms with Crippen LogP contribution in [0.15, 0.2) is 70.8 Å². The number of ether oxygens (including phenoxy) is 4. The molecule has 0 saturated heterocycles. The number of nitrogens with zero attached hydrogens (tertiary/aromatic N) is 2. The highest BCUT2D eigenvalue weighted by Gasteiger charge is 2.13. The molecule has 0 atom stereocenters. The average molecular weight is 437 g/mol. The number of methoxy groups -OCH3 is 2. The molecule has 1 heterocycles. The van der Waals surface area contributed by atoms with Crippen LogP contribution in [0.4, 0.5) is 0 Å². The van der Waals surface area contributed by atoms with Crippen molar-refractivity contribution in [3.05, 3.63) is 60.9 Å². The van der Waals surface area contributed by atoms with Crippen molar-refractivity contribution < 1.29 is 18.9 Å². The van der Waals surface area contributed by atoms with E-state index in [1.165, 1.54) is 10.8 Å². The van der Waals surface area contributed by atoms with E-state index in [0.717, 1.165) is 20.8 Å². The van der Waals surface area contributed by atoms with Crippen molar-refractivity contribution in [3.8, 4) is 11.5 Å². The van der Waals surface area contributed by atoms with Crippen LogP contribution in [0.1, 0.15) is 0 Å². The van der Waals surface area contributed by atoms with Crippen LogP contribution in [0.25, 0.3) is 21.7 Å². The summed E-state index contributed by atoms with van der Waals surface area (Å²) in [6.45, 7) is 1.82. The molecule has 0 aliphatic heterocycles.